The lowest BCUT2D eigenvalue weighted by molar-refractivity contribution is 0.105. The molecule has 1 aliphatic carbocycles. The highest BCUT2D eigenvalue weighted by atomic mass is 19.1. The molecule has 1 aromatic carbocycles. The highest BCUT2D eigenvalue weighted by Crippen LogP contribution is 2.44. The van der Waals surface area contributed by atoms with Gasteiger partial charge in [0.05, 0.1) is 0 Å². The molecule has 1 saturated carbocycles. The average Bonchev–Trinajstić information content (AvgIpc) is 2.71. The molecule has 0 spiro atoms. The maximum atomic E-state index is 14.7. The molecule has 2 heteroatoms. The van der Waals surface area contributed by atoms with E-state index in [0.717, 1.165) is 25.7 Å². The summed E-state index contributed by atoms with van der Waals surface area (Å²) in [6.07, 6.45) is 4.27. The predicted molar refractivity (Wildman–Crippen MR) is 61.3 cm³/mol. The largest absolute Gasteiger partial charge is 0.398 e. The van der Waals surface area contributed by atoms with Gasteiger partial charge in [0, 0.05) is 11.3 Å². The molecule has 0 aromatic heterocycles. The fourth-order valence-corrected chi connectivity index (χ4v) is 2.63. The Morgan fingerprint density at radius 1 is 1.27 bits per heavy atom. The number of hydrogen-bond acceptors (Lipinski definition) is 1. The van der Waals surface area contributed by atoms with E-state index in [9.17, 15) is 4.39 Å². The Labute approximate surface area is 90.5 Å². The van der Waals surface area contributed by atoms with Gasteiger partial charge in [0.1, 0.15) is 5.67 Å². The standard InChI is InChI=1S/C13H18FN/c1-13(14,10-6-2-3-7-10)11-8-4-5-9-12(11)15/h4-5,8-10H,2-3,6-7,15H2,1H3. The Bertz CT molecular complexity index is 340. The number of alkyl halides is 1. The Balaban J connectivity index is 2.31. The van der Waals surface area contributed by atoms with Crippen LogP contribution >= 0.6 is 0 Å². The predicted octanol–water partition coefficient (Wildman–Crippen LogP) is 3.64. The Morgan fingerprint density at radius 2 is 1.87 bits per heavy atom. The second kappa shape index (κ2) is 3.84. The summed E-state index contributed by atoms with van der Waals surface area (Å²) in [5.74, 6) is 0.141. The first-order valence-corrected chi connectivity index (χ1v) is 5.66. The lowest BCUT2D eigenvalue weighted by Crippen LogP contribution is -2.26. The van der Waals surface area contributed by atoms with Crippen LogP contribution in [0.3, 0.4) is 0 Å². The molecule has 1 unspecified atom stereocenters. The average molecular weight is 207 g/mol. The molecule has 2 N–H and O–H groups in total. The topological polar surface area (TPSA) is 26.0 Å². The van der Waals surface area contributed by atoms with E-state index < -0.39 is 5.67 Å². The van der Waals surface area contributed by atoms with Crippen LogP contribution in [0.4, 0.5) is 10.1 Å². The van der Waals surface area contributed by atoms with Crippen LogP contribution in [-0.4, -0.2) is 0 Å². The van der Waals surface area contributed by atoms with Crippen molar-refractivity contribution < 1.29 is 4.39 Å². The number of benzene rings is 1. The lowest BCUT2D eigenvalue weighted by Gasteiger charge is -2.28. The van der Waals surface area contributed by atoms with Crippen molar-refractivity contribution in [1.82, 2.24) is 0 Å². The summed E-state index contributed by atoms with van der Waals surface area (Å²) in [7, 11) is 0. The molecule has 0 aliphatic heterocycles. The molecule has 1 aromatic rings. The van der Waals surface area contributed by atoms with Crippen LogP contribution in [0.5, 0.6) is 0 Å². The summed E-state index contributed by atoms with van der Waals surface area (Å²) in [6, 6.07) is 7.30. The number of rotatable bonds is 2. The fourth-order valence-electron chi connectivity index (χ4n) is 2.63. The molecule has 1 aliphatic rings. The van der Waals surface area contributed by atoms with E-state index in [0.29, 0.717) is 11.3 Å². The van der Waals surface area contributed by atoms with E-state index >= 15 is 0 Å². The third-order valence-corrected chi connectivity index (χ3v) is 3.61. The number of hydrogen-bond donors (Lipinski definition) is 1. The minimum absolute atomic E-state index is 0.141. The highest BCUT2D eigenvalue weighted by Gasteiger charge is 2.38. The van der Waals surface area contributed by atoms with Gasteiger partial charge in [-0.25, -0.2) is 4.39 Å². The molecule has 1 fully saturated rings. The van der Waals surface area contributed by atoms with Crippen LogP contribution < -0.4 is 5.73 Å². The van der Waals surface area contributed by atoms with Crippen molar-refractivity contribution in [2.24, 2.45) is 5.92 Å². The fraction of sp³-hybridized carbons (Fsp3) is 0.538. The van der Waals surface area contributed by atoms with Gasteiger partial charge in [-0.2, -0.15) is 0 Å². The number of nitrogens with two attached hydrogens (primary N) is 1. The summed E-state index contributed by atoms with van der Waals surface area (Å²) in [5.41, 5.74) is 5.81. The maximum absolute atomic E-state index is 14.7. The molecule has 0 bridgehead atoms. The van der Waals surface area contributed by atoms with Gasteiger partial charge in [-0.05, 0) is 31.7 Å². The molecule has 1 atom stereocenters. The first kappa shape index (κ1) is 10.5. The third kappa shape index (κ3) is 1.85. The van der Waals surface area contributed by atoms with Gasteiger partial charge in [-0.1, -0.05) is 31.0 Å². The summed E-state index contributed by atoms with van der Waals surface area (Å²) in [5, 5.41) is 0. The quantitative estimate of drug-likeness (QED) is 0.736. The van der Waals surface area contributed by atoms with Crippen LogP contribution in [0.2, 0.25) is 0 Å². The molecular formula is C13H18FN. The van der Waals surface area contributed by atoms with Gasteiger partial charge < -0.3 is 5.73 Å². The van der Waals surface area contributed by atoms with Crippen LogP contribution in [0, 0.1) is 5.92 Å². The number of halogens is 1. The number of anilines is 1. The van der Waals surface area contributed by atoms with Gasteiger partial charge in [0.2, 0.25) is 0 Å². The van der Waals surface area contributed by atoms with Gasteiger partial charge in [0.25, 0.3) is 0 Å². The molecule has 0 saturated heterocycles. The summed E-state index contributed by atoms with van der Waals surface area (Å²) >= 11 is 0. The van der Waals surface area contributed by atoms with E-state index in [-0.39, 0.29) is 5.92 Å². The first-order valence-electron chi connectivity index (χ1n) is 5.66. The van der Waals surface area contributed by atoms with E-state index in [1.54, 1.807) is 13.0 Å². The maximum Gasteiger partial charge on any atom is 0.138 e. The molecule has 0 amide bonds. The van der Waals surface area contributed by atoms with Crippen molar-refractivity contribution >= 4 is 5.69 Å². The molecule has 0 radical (unpaired) electrons. The van der Waals surface area contributed by atoms with E-state index in [2.05, 4.69) is 0 Å². The second-order valence-electron chi connectivity index (χ2n) is 4.64. The van der Waals surface area contributed by atoms with Crippen molar-refractivity contribution in [2.45, 2.75) is 38.3 Å². The second-order valence-corrected chi connectivity index (χ2v) is 4.64. The molecule has 2 rings (SSSR count). The van der Waals surface area contributed by atoms with Crippen molar-refractivity contribution in [3.63, 3.8) is 0 Å². The van der Waals surface area contributed by atoms with Crippen molar-refractivity contribution in [2.75, 3.05) is 5.73 Å². The van der Waals surface area contributed by atoms with E-state index in [1.807, 2.05) is 18.2 Å². The van der Waals surface area contributed by atoms with Crippen LogP contribution in [-0.2, 0) is 5.67 Å². The van der Waals surface area contributed by atoms with Crippen molar-refractivity contribution in [3.05, 3.63) is 29.8 Å². The monoisotopic (exact) mass is 207 g/mol. The van der Waals surface area contributed by atoms with Crippen LogP contribution in [0.15, 0.2) is 24.3 Å². The van der Waals surface area contributed by atoms with Gasteiger partial charge in [-0.15, -0.1) is 0 Å². The zero-order chi connectivity index (χ0) is 10.9. The van der Waals surface area contributed by atoms with Gasteiger partial charge in [-0.3, -0.25) is 0 Å². The Hall–Kier alpha value is -1.05. The highest BCUT2D eigenvalue weighted by molar-refractivity contribution is 5.49. The van der Waals surface area contributed by atoms with Crippen molar-refractivity contribution in [3.8, 4) is 0 Å². The summed E-state index contributed by atoms with van der Waals surface area (Å²) in [6.45, 7) is 1.68. The number of para-hydroxylation sites is 1. The van der Waals surface area contributed by atoms with E-state index in [1.165, 1.54) is 0 Å². The minimum atomic E-state index is -1.26. The molecule has 1 nitrogen and oxygen atoms in total. The summed E-state index contributed by atoms with van der Waals surface area (Å²) in [4.78, 5) is 0. The third-order valence-electron chi connectivity index (χ3n) is 3.61. The van der Waals surface area contributed by atoms with Crippen LogP contribution in [0.1, 0.15) is 38.2 Å². The lowest BCUT2D eigenvalue weighted by atomic mass is 9.82. The number of nitrogen functional groups attached to an aromatic ring is 1. The molecule has 0 heterocycles. The first-order chi connectivity index (χ1) is 7.12. The molecular weight excluding hydrogens is 189 g/mol. The van der Waals surface area contributed by atoms with Crippen molar-refractivity contribution in [1.29, 1.82) is 0 Å². The molecule has 15 heavy (non-hydrogen) atoms. The zero-order valence-electron chi connectivity index (χ0n) is 9.17. The molecule has 82 valence electrons. The zero-order valence-corrected chi connectivity index (χ0v) is 9.17. The van der Waals surface area contributed by atoms with Gasteiger partial charge >= 0.3 is 0 Å². The SMILES string of the molecule is CC(F)(c1ccccc1N)C1CCCC1. The minimum Gasteiger partial charge on any atom is -0.398 e. The van der Waals surface area contributed by atoms with E-state index in [4.69, 9.17) is 5.73 Å². The van der Waals surface area contributed by atoms with Gasteiger partial charge in [0.15, 0.2) is 0 Å². The normalized spacial score (nSPS) is 21.5. The van der Waals surface area contributed by atoms with Crippen LogP contribution in [0.25, 0.3) is 0 Å². The smallest absolute Gasteiger partial charge is 0.138 e. The summed E-state index contributed by atoms with van der Waals surface area (Å²) < 4.78 is 14.7. The Kier molecular flexibility index (Phi) is 2.68. The Morgan fingerprint density at radius 3 is 2.47 bits per heavy atom.